The molecule has 5 heterocycles. The van der Waals surface area contributed by atoms with Gasteiger partial charge in [-0.1, -0.05) is 64.9 Å². The molecule has 2 aromatic heterocycles. The fourth-order valence-corrected chi connectivity index (χ4v) is 11.1. The molecule has 2 aromatic carbocycles. The topological polar surface area (TPSA) is 478 Å². The molecular formula is C57H77N12NaO20S. The summed E-state index contributed by atoms with van der Waals surface area (Å²) in [6, 6.07) is -2.56. The van der Waals surface area contributed by atoms with E-state index in [0.29, 0.717) is 17.7 Å². The van der Waals surface area contributed by atoms with Crippen LogP contribution in [0.3, 0.4) is 0 Å². The number of β-amino-alcohol motifs (C(OH)–C–C–N with tert-alkyl or cyclic N) is 1. The summed E-state index contributed by atoms with van der Waals surface area (Å²) in [5, 5.41) is 117. The second-order valence-electron chi connectivity index (χ2n) is 22.7. The quantitative estimate of drug-likeness (QED) is 0.0102. The van der Waals surface area contributed by atoms with Crippen molar-refractivity contribution < 1.29 is 127 Å². The third kappa shape index (κ3) is 19.8. The Kier molecular flexibility index (Phi) is 27.9. The van der Waals surface area contributed by atoms with Gasteiger partial charge in [0, 0.05) is 68.7 Å². The molecular weight excluding hydrogens is 1230 g/mol. The van der Waals surface area contributed by atoms with Crippen LogP contribution in [0.1, 0.15) is 107 Å². The number of nitrogens with zero attached hydrogens (tertiary/aromatic N) is 6. The largest absolute Gasteiger partial charge is 1.00 e. The number of carbonyl (C=O) groups excluding carboxylic acids is 8. The molecule has 13 atom stereocenters. The van der Waals surface area contributed by atoms with Crippen molar-refractivity contribution in [3.63, 3.8) is 0 Å². The summed E-state index contributed by atoms with van der Waals surface area (Å²) in [6.45, 7) is 3.73. The number of hydrogen-bond acceptors (Lipinski definition) is 24. The third-order valence-corrected chi connectivity index (χ3v) is 16.1. The van der Waals surface area contributed by atoms with Gasteiger partial charge in [-0.3, -0.25) is 48.1 Å². The molecule has 3 aliphatic heterocycles. The van der Waals surface area contributed by atoms with E-state index >= 15 is 0 Å². The number of aromatic hydroxyl groups is 1. The monoisotopic (exact) mass is 1300 g/mol. The van der Waals surface area contributed by atoms with Crippen LogP contribution in [0.2, 0.25) is 0 Å². The van der Waals surface area contributed by atoms with E-state index in [0.717, 1.165) is 48.1 Å². The summed E-state index contributed by atoms with van der Waals surface area (Å²) in [6.07, 6.45) is -0.951. The van der Waals surface area contributed by atoms with Crippen molar-refractivity contribution in [3.05, 3.63) is 66.0 Å². The zero-order valence-electron chi connectivity index (χ0n) is 50.6. The predicted molar refractivity (Wildman–Crippen MR) is 311 cm³/mol. The van der Waals surface area contributed by atoms with Crippen LogP contribution in [0.4, 0.5) is 0 Å². The number of aliphatic hydroxyl groups excluding tert-OH is 6. The number of nitrogens with two attached hydrogens (primary N) is 1. The Balaban J connectivity index is 0.0000132. The van der Waals surface area contributed by atoms with Gasteiger partial charge in [-0.25, -0.2) is 0 Å². The van der Waals surface area contributed by atoms with Crippen LogP contribution in [0, 0.1) is 5.92 Å². The number of benzene rings is 2. The number of unbranched alkanes of at least 4 members (excludes halogenated alkanes) is 7. The first kappa shape index (κ1) is 73.2. The van der Waals surface area contributed by atoms with E-state index in [1.165, 1.54) is 69.4 Å². The Morgan fingerprint density at radius 1 is 0.802 bits per heavy atom. The fourth-order valence-electron chi connectivity index (χ4n) is 10.9. The van der Waals surface area contributed by atoms with Crippen molar-refractivity contribution in [2.24, 2.45) is 11.7 Å². The Bertz CT molecular complexity index is 3120. The molecule has 0 bridgehead atoms. The van der Waals surface area contributed by atoms with Crippen molar-refractivity contribution >= 4 is 59.6 Å². The van der Waals surface area contributed by atoms with Gasteiger partial charge in [-0.15, -0.1) is 14.5 Å². The van der Waals surface area contributed by atoms with Crippen molar-refractivity contribution in [3.8, 4) is 34.4 Å². The van der Waals surface area contributed by atoms with Gasteiger partial charge >= 0.3 is 29.6 Å². The molecule has 14 N–H and O–H groups in total. The zero-order valence-corrected chi connectivity index (χ0v) is 53.4. The first-order chi connectivity index (χ1) is 43.0. The Labute approximate surface area is 548 Å². The molecule has 4 aromatic rings. The van der Waals surface area contributed by atoms with Crippen LogP contribution in [-0.4, -0.2) is 205 Å². The molecule has 8 amide bonds. The number of amides is 8. The molecule has 3 saturated heterocycles. The summed E-state index contributed by atoms with van der Waals surface area (Å²) in [7, 11) is 0. The maximum absolute atomic E-state index is 14.7. The van der Waals surface area contributed by atoms with Gasteiger partial charge in [0.2, 0.25) is 47.2 Å². The van der Waals surface area contributed by atoms with Crippen LogP contribution >= 0.6 is 12.3 Å². The third-order valence-electron chi connectivity index (χ3n) is 15.7. The summed E-state index contributed by atoms with van der Waals surface area (Å²) in [4.78, 5) is 115. The Morgan fingerprint density at radius 3 is 2.12 bits per heavy atom. The van der Waals surface area contributed by atoms with Crippen LogP contribution in [-0.2, 0) is 55.9 Å². The molecule has 0 radical (unpaired) electrons. The number of aryl methyl sites for hydroxylation is 1. The van der Waals surface area contributed by atoms with Gasteiger partial charge in [0.15, 0.2) is 11.5 Å². The molecule has 3 fully saturated rings. The van der Waals surface area contributed by atoms with Crippen LogP contribution < -0.4 is 71.3 Å². The maximum Gasteiger partial charge on any atom is 1.00 e. The number of aliphatic hydroxyl groups is 6. The van der Waals surface area contributed by atoms with E-state index in [4.69, 9.17) is 14.3 Å². The maximum atomic E-state index is 14.7. The van der Waals surface area contributed by atoms with Crippen molar-refractivity contribution in [2.75, 3.05) is 19.6 Å². The number of hydrogen-bond donors (Lipinski definition) is 13. The molecule has 492 valence electrons. The van der Waals surface area contributed by atoms with E-state index < -0.39 is 177 Å². The van der Waals surface area contributed by atoms with E-state index in [2.05, 4.69) is 58.2 Å². The second-order valence-corrected chi connectivity index (χ2v) is 23.2. The van der Waals surface area contributed by atoms with Crippen molar-refractivity contribution in [1.82, 2.24) is 56.4 Å². The molecule has 13 unspecified atom stereocenters. The number of phenolic OH excluding ortho intramolecular Hbond substituents is 1. The summed E-state index contributed by atoms with van der Waals surface area (Å²) in [5.74, 6) is -10.9. The van der Waals surface area contributed by atoms with Crippen LogP contribution in [0.25, 0.3) is 22.9 Å². The SMILES string of the molecule is CCCCCCCCCCn1cc(-c2nnc(-c3ccc(C(=O)NC4CC(O)CNC(=O)C5C(O)C(C)CN5C(=O)C(C(O)CC(N)=O)NC(=O)C(C(O)Cc5ccc(O)c(OSOO[O-])c5)NC(=O)C5CC(O)CN5C(=O)C(C(C)O)NC4=O)cc3)o2)cn1.[Na+]. The van der Waals surface area contributed by atoms with Gasteiger partial charge in [0.05, 0.1) is 54.8 Å². The van der Waals surface area contributed by atoms with Gasteiger partial charge in [-0.2, -0.15) is 5.10 Å². The zero-order chi connectivity index (χ0) is 65.3. The summed E-state index contributed by atoms with van der Waals surface area (Å²) >= 11 is -0.00679. The second kappa shape index (κ2) is 34.7. The number of primary amides is 1. The number of nitrogens with one attached hydrogen (secondary N) is 5. The Hall–Kier alpha value is -6.86. The molecule has 32 nitrogen and oxygen atoms in total. The van der Waals surface area contributed by atoms with E-state index in [1.54, 1.807) is 6.20 Å². The fraction of sp³-hybridized carbons (Fsp3) is 0.561. The Morgan fingerprint density at radius 2 is 1.45 bits per heavy atom. The first-order valence-corrected chi connectivity index (χ1v) is 30.2. The smallest absolute Gasteiger partial charge is 0.691 e. The molecule has 3 aliphatic rings. The molecule has 34 heteroatoms. The minimum Gasteiger partial charge on any atom is -0.691 e. The van der Waals surface area contributed by atoms with Crippen molar-refractivity contribution in [2.45, 2.75) is 177 Å². The number of fused-ring (bicyclic) bond motifs is 2. The molecule has 0 saturated carbocycles. The van der Waals surface area contributed by atoms with E-state index in [-0.39, 0.29) is 70.5 Å². The van der Waals surface area contributed by atoms with Gasteiger partial charge < -0.3 is 91.7 Å². The molecule has 0 aliphatic carbocycles. The average molecular weight is 1310 g/mol. The van der Waals surface area contributed by atoms with Crippen LogP contribution in [0.15, 0.2) is 59.3 Å². The summed E-state index contributed by atoms with van der Waals surface area (Å²) in [5.41, 5.74) is 6.43. The van der Waals surface area contributed by atoms with Crippen LogP contribution in [0.5, 0.6) is 11.5 Å². The van der Waals surface area contributed by atoms with Gasteiger partial charge in [0.25, 0.3) is 24.1 Å². The summed E-state index contributed by atoms with van der Waals surface area (Å²) < 4.78 is 16.9. The van der Waals surface area contributed by atoms with Crippen molar-refractivity contribution in [1.29, 1.82) is 0 Å². The van der Waals surface area contributed by atoms with Gasteiger partial charge in [-0.05, 0) is 55.3 Å². The average Bonchev–Trinajstić information content (AvgIpc) is 1.77. The van der Waals surface area contributed by atoms with Gasteiger partial charge in [0.1, 0.15) is 36.3 Å². The van der Waals surface area contributed by atoms with E-state index in [9.17, 15) is 79.4 Å². The first-order valence-electron chi connectivity index (χ1n) is 29.5. The number of carbonyl (C=O) groups is 8. The predicted octanol–water partition coefficient (Wildman–Crippen LogP) is -5.56. The minimum atomic E-state index is -2.23. The molecule has 0 spiro atoms. The number of rotatable bonds is 24. The number of aromatic nitrogens is 4. The minimum absolute atomic E-state index is 0. The number of phenols is 1. The normalized spacial score (nSPS) is 24.7. The standard InChI is InChI=1S/C57H78N12O20S.Na/c1-4-5-6-7-8-9-10-11-18-67-27-34(24-60-67)55-66-65-54(86-55)33-15-13-32(14-16-33)49(78)61-37-21-35(71)25-59-53(82)47-48(77)29(2)26-69(47)57(84)46(41(75)23-43(58)76)64-52(81)45(40(74)19-31-12-17-39(73)42(20-31)87-90-89-88-85)63-51(80)38-22-36(72)28-68(38)56(83)44(30(3)70)62-50(37)79;/h12-17,20,24,27,29-30,35-38,40-41,44-48,70-75,77,85H,4-11,18-19,21-23,25-26,28H2,1-3H3,(H2,58,76)(H,59,82)(H,61,78)(H,62,79)(H,63,80)(H,64,81);/q;+1/p-1. The molecule has 91 heavy (non-hydrogen) atoms. The van der Waals surface area contributed by atoms with E-state index in [1.807, 2.05) is 10.9 Å². The molecule has 7 rings (SSSR count).